The number of nitriles is 1. The Labute approximate surface area is 196 Å². The predicted octanol–water partition coefficient (Wildman–Crippen LogP) is 6.55. The number of benzene rings is 3. The van der Waals surface area contributed by atoms with Crippen molar-refractivity contribution in [3.05, 3.63) is 99.9 Å². The zero-order chi connectivity index (χ0) is 23.8. The fourth-order valence-corrected chi connectivity index (χ4v) is 4.63. The van der Waals surface area contributed by atoms with E-state index in [4.69, 9.17) is 9.72 Å². The molecule has 1 aromatic heterocycles. The van der Waals surface area contributed by atoms with E-state index in [1.54, 1.807) is 6.92 Å². The van der Waals surface area contributed by atoms with Crippen molar-refractivity contribution in [3.63, 3.8) is 0 Å². The van der Waals surface area contributed by atoms with Gasteiger partial charge in [0.05, 0.1) is 17.1 Å². The van der Waals surface area contributed by atoms with E-state index in [0.29, 0.717) is 23.3 Å². The first kappa shape index (κ1) is 21.8. The van der Waals surface area contributed by atoms with Crippen molar-refractivity contribution < 1.29 is 13.5 Å². The molecule has 0 atom stereocenters. The molecule has 1 aliphatic rings. The summed E-state index contributed by atoms with van der Waals surface area (Å²) < 4.78 is 36.5. The van der Waals surface area contributed by atoms with E-state index < -0.39 is 11.6 Å². The van der Waals surface area contributed by atoms with Crippen molar-refractivity contribution in [1.29, 1.82) is 5.26 Å². The number of allylic oxidation sites excluding steroid dienone is 1. The van der Waals surface area contributed by atoms with Crippen LogP contribution in [0.15, 0.2) is 60.2 Å². The first-order valence-corrected chi connectivity index (χ1v) is 11.3. The molecule has 0 spiro atoms. The van der Waals surface area contributed by atoms with Crippen LogP contribution in [0.25, 0.3) is 16.6 Å². The molecule has 3 aromatic carbocycles. The quantitative estimate of drug-likeness (QED) is 0.328. The Kier molecular flexibility index (Phi) is 5.62. The summed E-state index contributed by atoms with van der Waals surface area (Å²) in [4.78, 5) is 4.81. The van der Waals surface area contributed by atoms with Crippen molar-refractivity contribution in [2.75, 3.05) is 0 Å². The van der Waals surface area contributed by atoms with Gasteiger partial charge in [-0.1, -0.05) is 31.2 Å². The highest BCUT2D eigenvalue weighted by atomic mass is 19.2. The molecule has 6 heteroatoms. The number of ether oxygens (including phenoxy) is 1. The molecule has 2 heterocycles. The molecule has 4 nitrogen and oxygen atoms in total. The van der Waals surface area contributed by atoms with Gasteiger partial charge >= 0.3 is 0 Å². The Morgan fingerprint density at radius 3 is 2.71 bits per heavy atom. The lowest BCUT2D eigenvalue weighted by Gasteiger charge is -2.14. The molecular weight excluding hydrogens is 432 g/mol. The van der Waals surface area contributed by atoms with Crippen LogP contribution in [0, 0.1) is 23.0 Å². The number of para-hydroxylation sites is 2. The number of hydrogen-bond donors (Lipinski definition) is 0. The first-order chi connectivity index (χ1) is 16.5. The van der Waals surface area contributed by atoms with Crippen molar-refractivity contribution in [2.45, 2.75) is 39.8 Å². The molecule has 34 heavy (non-hydrogen) atoms. The van der Waals surface area contributed by atoms with Gasteiger partial charge in [-0.05, 0) is 60.4 Å². The lowest BCUT2D eigenvalue weighted by Crippen LogP contribution is -2.06. The highest BCUT2D eigenvalue weighted by molar-refractivity contribution is 5.88. The average Bonchev–Trinajstić information content (AvgIpc) is 3.09. The zero-order valence-electron chi connectivity index (χ0n) is 19.0. The van der Waals surface area contributed by atoms with E-state index in [1.165, 1.54) is 6.07 Å². The molecule has 4 aromatic rings. The number of aromatic nitrogens is 2. The molecule has 0 saturated carbocycles. The van der Waals surface area contributed by atoms with Gasteiger partial charge in [0.1, 0.15) is 12.4 Å². The maximum atomic E-state index is 14.6. The SMILES string of the molecule is CCCc1nc2ccccc2n1Cc1ccc2c(c1)COc1c(ccc(F)c1F)/C2=C(/C)C#N. The predicted molar refractivity (Wildman–Crippen MR) is 127 cm³/mol. The minimum atomic E-state index is -1.04. The largest absolute Gasteiger partial charge is 0.485 e. The number of hydrogen-bond acceptors (Lipinski definition) is 3. The van der Waals surface area contributed by atoms with Gasteiger partial charge < -0.3 is 9.30 Å². The minimum Gasteiger partial charge on any atom is -0.485 e. The monoisotopic (exact) mass is 455 g/mol. The van der Waals surface area contributed by atoms with E-state index >= 15 is 0 Å². The van der Waals surface area contributed by atoms with Crippen LogP contribution in [0.2, 0.25) is 0 Å². The highest BCUT2D eigenvalue weighted by Crippen LogP contribution is 2.41. The average molecular weight is 456 g/mol. The summed E-state index contributed by atoms with van der Waals surface area (Å²) in [6.07, 6.45) is 1.86. The summed E-state index contributed by atoms with van der Waals surface area (Å²) in [6.45, 7) is 4.51. The molecule has 170 valence electrons. The lowest BCUT2D eigenvalue weighted by molar-refractivity contribution is 0.285. The molecule has 0 N–H and O–H groups in total. The lowest BCUT2D eigenvalue weighted by atomic mass is 9.90. The van der Waals surface area contributed by atoms with Gasteiger partial charge in [0, 0.05) is 29.7 Å². The van der Waals surface area contributed by atoms with Crippen molar-refractivity contribution in [1.82, 2.24) is 9.55 Å². The Morgan fingerprint density at radius 1 is 1.12 bits per heavy atom. The normalized spacial score (nSPS) is 14.1. The third-order valence-corrected chi connectivity index (χ3v) is 6.22. The summed E-state index contributed by atoms with van der Waals surface area (Å²) in [7, 11) is 0. The molecule has 0 amide bonds. The van der Waals surface area contributed by atoms with Crippen LogP contribution in [-0.4, -0.2) is 9.55 Å². The van der Waals surface area contributed by atoms with Crippen LogP contribution < -0.4 is 4.74 Å². The van der Waals surface area contributed by atoms with Crippen LogP contribution in [0.5, 0.6) is 5.75 Å². The summed E-state index contributed by atoms with van der Waals surface area (Å²) in [5.41, 5.74) is 6.05. The maximum Gasteiger partial charge on any atom is 0.201 e. The third-order valence-electron chi connectivity index (χ3n) is 6.22. The van der Waals surface area contributed by atoms with Gasteiger partial charge in [0.2, 0.25) is 5.82 Å². The molecule has 0 fully saturated rings. The molecule has 0 radical (unpaired) electrons. The van der Waals surface area contributed by atoms with Gasteiger partial charge in [-0.15, -0.1) is 0 Å². The van der Waals surface area contributed by atoms with Gasteiger partial charge in [0.25, 0.3) is 0 Å². The fraction of sp³-hybridized carbons (Fsp3) is 0.214. The molecule has 0 aliphatic carbocycles. The molecular formula is C28H23F2N3O. The van der Waals surface area contributed by atoms with E-state index in [9.17, 15) is 14.0 Å². The zero-order valence-corrected chi connectivity index (χ0v) is 19.0. The smallest absolute Gasteiger partial charge is 0.201 e. The third kappa shape index (κ3) is 3.63. The Bertz CT molecular complexity index is 1490. The Balaban J connectivity index is 1.61. The number of aryl methyl sites for hydroxylation is 1. The second kappa shape index (κ2) is 8.75. The molecule has 0 bridgehead atoms. The summed E-state index contributed by atoms with van der Waals surface area (Å²) >= 11 is 0. The van der Waals surface area contributed by atoms with Crippen LogP contribution in [0.4, 0.5) is 8.78 Å². The van der Waals surface area contributed by atoms with Gasteiger partial charge in [-0.3, -0.25) is 0 Å². The molecule has 0 unspecified atom stereocenters. The maximum absolute atomic E-state index is 14.6. The van der Waals surface area contributed by atoms with E-state index in [-0.39, 0.29) is 12.4 Å². The summed E-state index contributed by atoms with van der Waals surface area (Å²) in [5, 5.41) is 9.63. The Morgan fingerprint density at radius 2 is 1.91 bits per heavy atom. The molecule has 0 saturated heterocycles. The topological polar surface area (TPSA) is 50.8 Å². The van der Waals surface area contributed by atoms with Crippen LogP contribution in [-0.2, 0) is 19.6 Å². The second-order valence-corrected chi connectivity index (χ2v) is 8.48. The highest BCUT2D eigenvalue weighted by Gasteiger charge is 2.26. The standard InChI is InChI=1S/C28H23F2N3O/c1-3-6-25-32-23-7-4-5-8-24(23)33(25)15-18-9-10-20-19(13-18)16-34-28-21(26(20)17(2)14-31)11-12-22(29)27(28)30/h4-5,7-13H,3,6,15-16H2,1-2H3/b26-17-. The van der Waals surface area contributed by atoms with E-state index in [2.05, 4.69) is 23.6 Å². The van der Waals surface area contributed by atoms with E-state index in [0.717, 1.165) is 52.5 Å². The van der Waals surface area contributed by atoms with Crippen LogP contribution in [0.1, 0.15) is 48.3 Å². The van der Waals surface area contributed by atoms with Crippen LogP contribution >= 0.6 is 0 Å². The number of nitrogens with zero attached hydrogens (tertiary/aromatic N) is 3. The second-order valence-electron chi connectivity index (χ2n) is 8.48. The number of imidazole rings is 1. The van der Waals surface area contributed by atoms with E-state index in [1.807, 2.05) is 36.4 Å². The minimum absolute atomic E-state index is 0.0747. The van der Waals surface area contributed by atoms with Crippen molar-refractivity contribution >= 4 is 16.6 Å². The number of rotatable bonds is 4. The van der Waals surface area contributed by atoms with Gasteiger partial charge in [-0.25, -0.2) is 9.37 Å². The van der Waals surface area contributed by atoms with Gasteiger partial charge in [0.15, 0.2) is 11.6 Å². The molecule has 1 aliphatic heterocycles. The van der Waals surface area contributed by atoms with Crippen LogP contribution in [0.3, 0.4) is 0 Å². The first-order valence-electron chi connectivity index (χ1n) is 11.3. The van der Waals surface area contributed by atoms with Crippen molar-refractivity contribution in [3.8, 4) is 11.8 Å². The number of fused-ring (bicyclic) bond motifs is 3. The van der Waals surface area contributed by atoms with Gasteiger partial charge in [-0.2, -0.15) is 9.65 Å². The van der Waals surface area contributed by atoms with Crippen molar-refractivity contribution in [2.24, 2.45) is 0 Å². The molecule has 5 rings (SSSR count). The fourth-order valence-electron chi connectivity index (χ4n) is 4.63. The Hall–Kier alpha value is -3.98. The number of halogens is 2. The summed E-state index contributed by atoms with van der Waals surface area (Å²) in [5.74, 6) is -1.15. The summed E-state index contributed by atoms with van der Waals surface area (Å²) in [6, 6.07) is 18.8.